The third-order valence-corrected chi connectivity index (χ3v) is 8.26. The molecule has 0 aliphatic rings. The highest BCUT2D eigenvalue weighted by Gasteiger charge is 2.24. The highest BCUT2D eigenvalue weighted by Crippen LogP contribution is 2.42. The van der Waals surface area contributed by atoms with Crippen LogP contribution in [0.2, 0.25) is 0 Å². The lowest BCUT2D eigenvalue weighted by Crippen LogP contribution is -2.29. The van der Waals surface area contributed by atoms with Crippen molar-refractivity contribution in [2.75, 3.05) is 20.3 Å². The molecule has 1 N–H and O–H groups in total. The summed E-state index contributed by atoms with van der Waals surface area (Å²) >= 11 is 0. The molecule has 0 radical (unpaired) electrons. The van der Waals surface area contributed by atoms with Crippen LogP contribution in [-0.4, -0.2) is 43.3 Å². The summed E-state index contributed by atoms with van der Waals surface area (Å²) < 4.78 is 31.8. The van der Waals surface area contributed by atoms with Crippen molar-refractivity contribution in [2.45, 2.75) is 136 Å². The highest BCUT2D eigenvalue weighted by molar-refractivity contribution is 7.47. The van der Waals surface area contributed by atoms with E-state index in [1.165, 1.54) is 0 Å². The molecule has 0 aliphatic heterocycles. The van der Waals surface area contributed by atoms with Gasteiger partial charge in [0.2, 0.25) is 0 Å². The molecule has 0 heterocycles. The van der Waals surface area contributed by atoms with Crippen molar-refractivity contribution in [1.29, 1.82) is 0 Å². The van der Waals surface area contributed by atoms with Crippen LogP contribution in [0.5, 0.6) is 0 Å². The number of phosphoric ester groups is 1. The molecule has 0 amide bonds. The van der Waals surface area contributed by atoms with Crippen molar-refractivity contribution in [2.24, 2.45) is 0 Å². The first-order valence-electron chi connectivity index (χ1n) is 18.9. The fourth-order valence-electron chi connectivity index (χ4n) is 4.47. The summed E-state index contributed by atoms with van der Waals surface area (Å²) in [5.41, 5.74) is 0. The largest absolute Gasteiger partial charge is 0.472 e. The molecule has 0 aromatic rings. The Morgan fingerprint density at radius 1 is 0.549 bits per heavy atom. The van der Waals surface area contributed by atoms with Gasteiger partial charge in [0.15, 0.2) is 6.10 Å². The fourth-order valence-corrected chi connectivity index (χ4v) is 4.93. The molecule has 0 rings (SSSR count). The number of carbonyl (C=O) groups is 2. The summed E-state index contributed by atoms with van der Waals surface area (Å²) in [5, 5.41) is 0. The van der Waals surface area contributed by atoms with Crippen LogP contribution in [0, 0.1) is 0 Å². The number of allylic oxidation sites excluding steroid dienone is 16. The molecule has 0 bridgehead atoms. The molecule has 0 aromatic heterocycles. The first-order chi connectivity index (χ1) is 24.8. The van der Waals surface area contributed by atoms with Crippen molar-refractivity contribution < 1.29 is 37.6 Å². The minimum Gasteiger partial charge on any atom is -0.462 e. The summed E-state index contributed by atoms with van der Waals surface area (Å²) in [6.45, 7) is 3.57. The van der Waals surface area contributed by atoms with Gasteiger partial charge in [-0.1, -0.05) is 130 Å². The molecule has 0 spiro atoms. The molecule has 0 fully saturated rings. The van der Waals surface area contributed by atoms with E-state index in [0.717, 1.165) is 90.6 Å². The van der Waals surface area contributed by atoms with E-state index in [4.69, 9.17) is 14.0 Å². The number of hydrogen-bond donors (Lipinski definition) is 1. The number of carbonyl (C=O) groups excluding carboxylic acids is 2. The van der Waals surface area contributed by atoms with Crippen molar-refractivity contribution in [3.63, 3.8) is 0 Å². The summed E-state index contributed by atoms with van der Waals surface area (Å²) in [4.78, 5) is 34.3. The third kappa shape index (κ3) is 36.6. The zero-order valence-electron chi connectivity index (χ0n) is 31.7. The second kappa shape index (κ2) is 36.8. The first-order valence-corrected chi connectivity index (χ1v) is 20.4. The van der Waals surface area contributed by atoms with Gasteiger partial charge in [-0.25, -0.2) is 4.57 Å². The number of phosphoric acid groups is 1. The molecule has 288 valence electrons. The molecule has 8 nitrogen and oxygen atoms in total. The van der Waals surface area contributed by atoms with Crippen molar-refractivity contribution >= 4 is 19.8 Å². The Morgan fingerprint density at radius 2 is 0.961 bits per heavy atom. The van der Waals surface area contributed by atoms with Gasteiger partial charge in [0.05, 0.1) is 6.61 Å². The minimum atomic E-state index is -4.28. The molecule has 51 heavy (non-hydrogen) atoms. The molecule has 0 saturated heterocycles. The van der Waals surface area contributed by atoms with Gasteiger partial charge < -0.3 is 14.4 Å². The summed E-state index contributed by atoms with van der Waals surface area (Å²) in [7, 11) is -3.24. The number of hydrogen-bond acceptors (Lipinski definition) is 7. The SMILES string of the molecule is CC/C=C\C/C=C\C/C=C\C/C=C\C/C=C\CCCC(=O)OC(COC(=O)CCCCCCC/C=C\C/C=C\C/C=C\CC)COP(=O)(O)OC. The molecule has 2 unspecified atom stereocenters. The number of esters is 2. The maximum atomic E-state index is 12.4. The maximum absolute atomic E-state index is 12.4. The Hall–Kier alpha value is -3.03. The molecule has 0 aromatic carbocycles. The zero-order chi connectivity index (χ0) is 37.5. The first kappa shape index (κ1) is 48.0. The molecule has 0 saturated carbocycles. The predicted molar refractivity (Wildman–Crippen MR) is 211 cm³/mol. The van der Waals surface area contributed by atoms with E-state index >= 15 is 0 Å². The number of rotatable bonds is 33. The van der Waals surface area contributed by atoms with Crippen LogP contribution in [0.1, 0.15) is 129 Å². The number of unbranched alkanes of at least 4 members (excludes halogenated alkanes) is 6. The van der Waals surface area contributed by atoms with Gasteiger partial charge in [0, 0.05) is 20.0 Å². The van der Waals surface area contributed by atoms with Gasteiger partial charge in [0.25, 0.3) is 0 Å². The molecule has 2 atom stereocenters. The lowest BCUT2D eigenvalue weighted by Gasteiger charge is -2.19. The van der Waals surface area contributed by atoms with Gasteiger partial charge in [-0.2, -0.15) is 0 Å². The number of ether oxygens (including phenoxy) is 2. The van der Waals surface area contributed by atoms with Gasteiger partial charge in [-0.05, 0) is 83.5 Å². The average Bonchev–Trinajstić information content (AvgIpc) is 3.12. The third-order valence-electron chi connectivity index (χ3n) is 7.32. The van der Waals surface area contributed by atoms with E-state index in [2.05, 4.69) is 110 Å². The topological polar surface area (TPSA) is 108 Å². The quantitative estimate of drug-likeness (QED) is 0.0308. The minimum absolute atomic E-state index is 0.156. The van der Waals surface area contributed by atoms with E-state index in [1.54, 1.807) is 0 Å². The molecular weight excluding hydrogens is 663 g/mol. The monoisotopic (exact) mass is 730 g/mol. The van der Waals surface area contributed by atoms with E-state index in [-0.39, 0.29) is 19.4 Å². The van der Waals surface area contributed by atoms with Crippen LogP contribution in [0.25, 0.3) is 0 Å². The Labute approximate surface area is 309 Å². The van der Waals surface area contributed by atoms with E-state index in [9.17, 15) is 19.0 Å². The van der Waals surface area contributed by atoms with Gasteiger partial charge in [-0.15, -0.1) is 0 Å². The Bertz CT molecular complexity index is 1150. The zero-order valence-corrected chi connectivity index (χ0v) is 32.6. The molecule has 0 aliphatic carbocycles. The molecular formula is C42H67O8P. The summed E-state index contributed by atoms with van der Waals surface area (Å²) in [5.74, 6) is -0.905. The van der Waals surface area contributed by atoms with Crippen LogP contribution < -0.4 is 0 Å². The standard InChI is InChI=1S/C42H67O8P/c1-4-6-8-10-12-14-16-18-20-21-23-25-27-29-31-33-35-37-42(44)50-40(39-49-51(45,46)47-3)38-48-41(43)36-34-32-30-28-26-24-22-19-17-15-13-11-9-7-5-2/h6-9,12-15,18-20,22-23,25,29,31,40H,4-5,10-11,16-17,21,24,26-28,30,32-39H2,1-3H3,(H,45,46)/b8-6-,9-7-,14-12-,15-13-,20-18-,22-19-,25-23-,31-29-. The van der Waals surface area contributed by atoms with Crippen LogP contribution in [0.4, 0.5) is 0 Å². The average molecular weight is 731 g/mol. The summed E-state index contributed by atoms with van der Waals surface area (Å²) in [6.07, 6.45) is 48.9. The van der Waals surface area contributed by atoms with E-state index < -0.39 is 32.5 Å². The second-order valence-corrected chi connectivity index (χ2v) is 13.5. The van der Waals surface area contributed by atoms with Gasteiger partial charge >= 0.3 is 19.8 Å². The van der Waals surface area contributed by atoms with Crippen LogP contribution in [0.3, 0.4) is 0 Å². The highest BCUT2D eigenvalue weighted by atomic mass is 31.2. The van der Waals surface area contributed by atoms with E-state index in [0.29, 0.717) is 19.3 Å². The summed E-state index contributed by atoms with van der Waals surface area (Å²) in [6, 6.07) is 0. The Balaban J connectivity index is 4.22. The smallest absolute Gasteiger partial charge is 0.462 e. The van der Waals surface area contributed by atoms with E-state index in [1.807, 2.05) is 6.08 Å². The molecule has 9 heteroatoms. The second-order valence-electron chi connectivity index (χ2n) is 11.9. The fraction of sp³-hybridized carbons (Fsp3) is 0.571. The lowest BCUT2D eigenvalue weighted by molar-refractivity contribution is -0.161. The van der Waals surface area contributed by atoms with Crippen molar-refractivity contribution in [3.8, 4) is 0 Å². The normalized spacial score (nSPS) is 14.5. The van der Waals surface area contributed by atoms with Crippen LogP contribution in [0.15, 0.2) is 97.2 Å². The van der Waals surface area contributed by atoms with Crippen LogP contribution in [-0.2, 0) is 32.7 Å². The van der Waals surface area contributed by atoms with Crippen molar-refractivity contribution in [3.05, 3.63) is 97.2 Å². The maximum Gasteiger partial charge on any atom is 0.472 e. The Kier molecular flexibility index (Phi) is 34.6. The predicted octanol–water partition coefficient (Wildman–Crippen LogP) is 11.7. The van der Waals surface area contributed by atoms with Gasteiger partial charge in [0.1, 0.15) is 6.61 Å². The van der Waals surface area contributed by atoms with Crippen LogP contribution >= 0.6 is 7.82 Å². The van der Waals surface area contributed by atoms with Gasteiger partial charge in [-0.3, -0.25) is 18.6 Å². The Morgan fingerprint density at radius 3 is 1.45 bits per heavy atom. The lowest BCUT2D eigenvalue weighted by atomic mass is 10.1. The van der Waals surface area contributed by atoms with Crippen molar-refractivity contribution in [1.82, 2.24) is 0 Å².